The number of benzene rings is 1. The normalized spacial score (nSPS) is 19.2. The van der Waals surface area contributed by atoms with E-state index in [0.717, 1.165) is 12.1 Å². The molecule has 2 rings (SSSR count). The predicted octanol–water partition coefficient (Wildman–Crippen LogP) is 3.74. The summed E-state index contributed by atoms with van der Waals surface area (Å²) in [5.41, 5.74) is 2.21. The van der Waals surface area contributed by atoms with Gasteiger partial charge in [-0.1, -0.05) is 6.92 Å². The van der Waals surface area contributed by atoms with Crippen LogP contribution in [0.15, 0.2) is 18.2 Å². The van der Waals surface area contributed by atoms with E-state index >= 15 is 0 Å². The van der Waals surface area contributed by atoms with Crippen LogP contribution in [0.3, 0.4) is 0 Å². The fourth-order valence-corrected chi connectivity index (χ4v) is 3.53. The molecule has 0 radical (unpaired) electrons. The van der Waals surface area contributed by atoms with Crippen molar-refractivity contribution in [2.24, 2.45) is 0 Å². The number of anilines is 1. The summed E-state index contributed by atoms with van der Waals surface area (Å²) in [6.45, 7) is 11.7. The second-order valence-electron chi connectivity index (χ2n) is 6.88. The number of ether oxygens (including phenoxy) is 2. The molecular formula is C18H28N2O4. The van der Waals surface area contributed by atoms with Gasteiger partial charge in [0.2, 0.25) is 0 Å². The molecular weight excluding hydrogens is 308 g/mol. The Balaban J connectivity index is 2.14. The lowest BCUT2D eigenvalue weighted by Gasteiger charge is -2.47. The summed E-state index contributed by atoms with van der Waals surface area (Å²) in [6, 6.07) is 5.20. The zero-order chi connectivity index (χ0) is 17.7. The summed E-state index contributed by atoms with van der Waals surface area (Å²) in [7, 11) is 0. The van der Waals surface area contributed by atoms with Gasteiger partial charge in [-0.05, 0) is 44.7 Å². The fourth-order valence-electron chi connectivity index (χ4n) is 3.53. The second-order valence-corrected chi connectivity index (χ2v) is 6.88. The average molecular weight is 336 g/mol. The molecule has 0 fully saturated rings. The molecule has 1 aromatic rings. The van der Waals surface area contributed by atoms with Crippen LogP contribution >= 0.6 is 0 Å². The van der Waals surface area contributed by atoms with Gasteiger partial charge in [0.25, 0.3) is 5.69 Å². The summed E-state index contributed by atoms with van der Waals surface area (Å²) in [6.07, 6.45) is 1.01. The van der Waals surface area contributed by atoms with Gasteiger partial charge in [0, 0.05) is 36.5 Å². The largest absolute Gasteiger partial charge is 0.379 e. The number of hydrogen-bond donors (Lipinski definition) is 0. The zero-order valence-corrected chi connectivity index (χ0v) is 15.1. The van der Waals surface area contributed by atoms with Crippen molar-refractivity contribution in [2.45, 2.75) is 45.6 Å². The van der Waals surface area contributed by atoms with E-state index < -0.39 is 0 Å². The van der Waals surface area contributed by atoms with Crippen LogP contribution in [0.25, 0.3) is 0 Å². The van der Waals surface area contributed by atoms with E-state index in [-0.39, 0.29) is 16.1 Å². The second kappa shape index (κ2) is 7.94. The first-order valence-corrected chi connectivity index (χ1v) is 8.58. The van der Waals surface area contributed by atoms with Crippen LogP contribution in [0.1, 0.15) is 45.6 Å². The molecule has 1 heterocycles. The van der Waals surface area contributed by atoms with Crippen LogP contribution in [0.4, 0.5) is 11.4 Å². The summed E-state index contributed by atoms with van der Waals surface area (Å²) in [5, 5.41) is 11.1. The number of nitrogens with zero attached hydrogens (tertiary/aromatic N) is 2. The van der Waals surface area contributed by atoms with E-state index in [4.69, 9.17) is 9.47 Å². The van der Waals surface area contributed by atoms with Crippen LogP contribution in [-0.4, -0.2) is 43.4 Å². The van der Waals surface area contributed by atoms with Gasteiger partial charge in [0.15, 0.2) is 0 Å². The van der Waals surface area contributed by atoms with E-state index in [1.165, 1.54) is 5.56 Å². The van der Waals surface area contributed by atoms with Gasteiger partial charge in [0.1, 0.15) is 0 Å². The molecule has 1 aromatic carbocycles. The predicted molar refractivity (Wildman–Crippen MR) is 94.9 cm³/mol. The van der Waals surface area contributed by atoms with Gasteiger partial charge in [-0.2, -0.15) is 0 Å². The smallest absolute Gasteiger partial charge is 0.271 e. The minimum atomic E-state index is -0.330. The van der Waals surface area contributed by atoms with Crippen molar-refractivity contribution in [1.82, 2.24) is 0 Å². The van der Waals surface area contributed by atoms with Gasteiger partial charge in [0.05, 0.1) is 24.7 Å². The number of hydrogen-bond acceptors (Lipinski definition) is 5. The number of rotatable bonds is 8. The lowest BCUT2D eigenvalue weighted by atomic mass is 9.80. The van der Waals surface area contributed by atoms with Crippen molar-refractivity contribution in [3.05, 3.63) is 33.9 Å². The first kappa shape index (κ1) is 18.7. The standard InChI is InChI=1S/C18H28N2O4/c1-5-23-10-11-24-9-8-19-17-12-15(20(21)22)6-7-16(17)14(2)13-18(19,3)4/h6-7,12,14H,5,8-11,13H2,1-4H3. The van der Waals surface area contributed by atoms with Crippen molar-refractivity contribution in [1.29, 1.82) is 0 Å². The summed E-state index contributed by atoms with van der Waals surface area (Å²) in [5.74, 6) is 0.380. The van der Waals surface area contributed by atoms with Crippen molar-refractivity contribution in [3.63, 3.8) is 0 Å². The van der Waals surface area contributed by atoms with Gasteiger partial charge in [-0.25, -0.2) is 0 Å². The van der Waals surface area contributed by atoms with Crippen LogP contribution in [0.5, 0.6) is 0 Å². The van der Waals surface area contributed by atoms with E-state index in [1.807, 2.05) is 13.0 Å². The zero-order valence-electron chi connectivity index (χ0n) is 15.1. The molecule has 0 amide bonds. The first-order chi connectivity index (χ1) is 11.4. The van der Waals surface area contributed by atoms with Gasteiger partial charge >= 0.3 is 0 Å². The molecule has 6 heteroatoms. The van der Waals surface area contributed by atoms with Crippen molar-refractivity contribution < 1.29 is 14.4 Å². The van der Waals surface area contributed by atoms with E-state index in [0.29, 0.717) is 38.9 Å². The molecule has 0 bridgehead atoms. The topological polar surface area (TPSA) is 64.8 Å². The maximum absolute atomic E-state index is 11.1. The Kier molecular flexibility index (Phi) is 6.18. The minimum Gasteiger partial charge on any atom is -0.379 e. The number of nitro groups is 1. The fraction of sp³-hybridized carbons (Fsp3) is 0.667. The highest BCUT2D eigenvalue weighted by molar-refractivity contribution is 5.63. The molecule has 134 valence electrons. The Morgan fingerprint density at radius 1 is 1.29 bits per heavy atom. The van der Waals surface area contributed by atoms with Gasteiger partial charge in [-0.15, -0.1) is 0 Å². The maximum Gasteiger partial charge on any atom is 0.271 e. The lowest BCUT2D eigenvalue weighted by molar-refractivity contribution is -0.384. The molecule has 24 heavy (non-hydrogen) atoms. The quantitative estimate of drug-likeness (QED) is 0.411. The highest BCUT2D eigenvalue weighted by atomic mass is 16.6. The molecule has 0 saturated carbocycles. The van der Waals surface area contributed by atoms with E-state index in [2.05, 4.69) is 25.7 Å². The first-order valence-electron chi connectivity index (χ1n) is 8.58. The number of nitro benzene ring substituents is 1. The molecule has 0 N–H and O–H groups in total. The minimum absolute atomic E-state index is 0.0646. The summed E-state index contributed by atoms with van der Waals surface area (Å²) >= 11 is 0. The third kappa shape index (κ3) is 4.24. The highest BCUT2D eigenvalue weighted by Crippen LogP contribution is 2.44. The molecule has 1 aliphatic rings. The number of fused-ring (bicyclic) bond motifs is 1. The van der Waals surface area contributed by atoms with Gasteiger partial charge in [-0.3, -0.25) is 10.1 Å². The number of non-ortho nitro benzene ring substituents is 1. The molecule has 1 aliphatic heterocycles. The highest BCUT2D eigenvalue weighted by Gasteiger charge is 2.36. The SMILES string of the molecule is CCOCCOCCN1c2cc([N+](=O)[O-])ccc2C(C)CC1(C)C. The Morgan fingerprint density at radius 3 is 2.67 bits per heavy atom. The molecule has 0 saturated heterocycles. The van der Waals surface area contributed by atoms with Crippen LogP contribution < -0.4 is 4.90 Å². The third-order valence-electron chi connectivity index (χ3n) is 4.62. The Labute approximate surface area is 143 Å². The van der Waals surface area contributed by atoms with Gasteiger partial charge < -0.3 is 14.4 Å². The maximum atomic E-state index is 11.1. The molecule has 0 spiro atoms. The van der Waals surface area contributed by atoms with Crippen molar-refractivity contribution in [3.8, 4) is 0 Å². The van der Waals surface area contributed by atoms with Crippen LogP contribution in [0.2, 0.25) is 0 Å². The summed E-state index contributed by atoms with van der Waals surface area (Å²) in [4.78, 5) is 13.1. The molecule has 1 atom stereocenters. The van der Waals surface area contributed by atoms with Crippen molar-refractivity contribution in [2.75, 3.05) is 37.9 Å². The Hall–Kier alpha value is -1.66. The molecule has 0 aliphatic carbocycles. The monoisotopic (exact) mass is 336 g/mol. The van der Waals surface area contributed by atoms with E-state index in [1.54, 1.807) is 12.1 Å². The van der Waals surface area contributed by atoms with E-state index in [9.17, 15) is 10.1 Å². The summed E-state index contributed by atoms with van der Waals surface area (Å²) < 4.78 is 10.9. The Morgan fingerprint density at radius 2 is 2.00 bits per heavy atom. The molecule has 1 unspecified atom stereocenters. The van der Waals surface area contributed by atoms with Crippen LogP contribution in [0, 0.1) is 10.1 Å². The molecule has 0 aromatic heterocycles. The Bertz CT molecular complexity index is 574. The third-order valence-corrected chi connectivity index (χ3v) is 4.62. The van der Waals surface area contributed by atoms with Crippen molar-refractivity contribution >= 4 is 11.4 Å². The molecule has 6 nitrogen and oxygen atoms in total. The average Bonchev–Trinajstić information content (AvgIpc) is 2.52. The lowest BCUT2D eigenvalue weighted by Crippen LogP contribution is -2.49. The van der Waals surface area contributed by atoms with Crippen LogP contribution in [-0.2, 0) is 9.47 Å².